The Morgan fingerprint density at radius 2 is 1.60 bits per heavy atom. The number of hydrogen-bond donors (Lipinski definition) is 0. The zero-order valence-corrected chi connectivity index (χ0v) is 14.2. The van der Waals surface area contributed by atoms with E-state index in [9.17, 15) is 4.79 Å². The van der Waals surface area contributed by atoms with Crippen molar-refractivity contribution < 1.29 is 4.79 Å². The molecular weight excluding hydrogens is 312 g/mol. The molecule has 1 amide bonds. The van der Waals surface area contributed by atoms with Gasteiger partial charge in [-0.25, -0.2) is 4.98 Å². The average Bonchev–Trinajstić information content (AvgIpc) is 2.67. The molecule has 0 N–H and O–H groups in total. The standard InChI is InChI=1S/C20H20N4O/c1-15-6-2-5-9-19(15)23-10-12-24(13-11-23)20(25)18-14-21-16-7-3-4-8-17(16)22-18/h2-9,14H,10-13H2,1H3. The highest BCUT2D eigenvalue weighted by Crippen LogP contribution is 2.21. The van der Waals surface area contributed by atoms with Crippen LogP contribution in [0.3, 0.4) is 0 Å². The van der Waals surface area contributed by atoms with Crippen molar-refractivity contribution in [2.75, 3.05) is 31.1 Å². The maximum atomic E-state index is 12.8. The number of benzene rings is 2. The zero-order chi connectivity index (χ0) is 17.2. The minimum atomic E-state index is -0.0392. The Morgan fingerprint density at radius 1 is 0.920 bits per heavy atom. The number of carbonyl (C=O) groups excluding carboxylic acids is 1. The van der Waals surface area contributed by atoms with E-state index in [1.165, 1.54) is 11.3 Å². The predicted molar refractivity (Wildman–Crippen MR) is 98.8 cm³/mol. The van der Waals surface area contributed by atoms with Crippen molar-refractivity contribution in [3.63, 3.8) is 0 Å². The van der Waals surface area contributed by atoms with Crippen LogP contribution in [0.5, 0.6) is 0 Å². The van der Waals surface area contributed by atoms with Gasteiger partial charge in [-0.3, -0.25) is 9.78 Å². The maximum absolute atomic E-state index is 12.8. The normalized spacial score (nSPS) is 14.8. The first-order valence-electron chi connectivity index (χ1n) is 8.54. The fourth-order valence-corrected chi connectivity index (χ4v) is 3.29. The highest BCUT2D eigenvalue weighted by atomic mass is 16.2. The van der Waals surface area contributed by atoms with E-state index in [2.05, 4.69) is 46.1 Å². The van der Waals surface area contributed by atoms with Crippen LogP contribution < -0.4 is 4.90 Å². The van der Waals surface area contributed by atoms with Gasteiger partial charge in [-0.15, -0.1) is 0 Å². The first kappa shape index (κ1) is 15.6. The Labute approximate surface area is 146 Å². The number of amides is 1. The zero-order valence-electron chi connectivity index (χ0n) is 14.2. The van der Waals surface area contributed by atoms with Crippen LogP contribution in [-0.2, 0) is 0 Å². The van der Waals surface area contributed by atoms with Crippen molar-refractivity contribution in [2.45, 2.75) is 6.92 Å². The molecule has 0 saturated carbocycles. The van der Waals surface area contributed by atoms with Gasteiger partial charge < -0.3 is 9.80 Å². The molecule has 1 fully saturated rings. The lowest BCUT2D eigenvalue weighted by Crippen LogP contribution is -2.49. The molecule has 5 heteroatoms. The molecule has 25 heavy (non-hydrogen) atoms. The molecule has 0 radical (unpaired) electrons. The molecule has 126 valence electrons. The molecule has 2 aromatic carbocycles. The van der Waals surface area contributed by atoms with Gasteiger partial charge in [0.1, 0.15) is 5.69 Å². The SMILES string of the molecule is Cc1ccccc1N1CCN(C(=O)c2cnc3ccccc3n2)CC1. The van der Waals surface area contributed by atoms with Crippen LogP contribution in [0.4, 0.5) is 5.69 Å². The van der Waals surface area contributed by atoms with E-state index in [1.54, 1.807) is 6.20 Å². The Hall–Kier alpha value is -2.95. The van der Waals surface area contributed by atoms with E-state index in [0.717, 1.165) is 24.1 Å². The third kappa shape index (κ3) is 3.05. The molecule has 0 bridgehead atoms. The van der Waals surface area contributed by atoms with Crippen LogP contribution in [0, 0.1) is 6.92 Å². The minimum Gasteiger partial charge on any atom is -0.368 e. The van der Waals surface area contributed by atoms with Crippen LogP contribution in [0.25, 0.3) is 11.0 Å². The van der Waals surface area contributed by atoms with Gasteiger partial charge in [0.15, 0.2) is 0 Å². The largest absolute Gasteiger partial charge is 0.368 e. The third-order valence-electron chi connectivity index (χ3n) is 4.69. The third-order valence-corrected chi connectivity index (χ3v) is 4.69. The van der Waals surface area contributed by atoms with Crippen LogP contribution in [0.1, 0.15) is 16.1 Å². The van der Waals surface area contributed by atoms with Crippen LogP contribution in [0.2, 0.25) is 0 Å². The monoisotopic (exact) mass is 332 g/mol. The van der Waals surface area contributed by atoms with E-state index in [1.807, 2.05) is 29.2 Å². The van der Waals surface area contributed by atoms with Crippen LogP contribution >= 0.6 is 0 Å². The molecule has 1 aliphatic heterocycles. The number of hydrogen-bond acceptors (Lipinski definition) is 4. The van der Waals surface area contributed by atoms with Gasteiger partial charge in [-0.05, 0) is 30.7 Å². The summed E-state index contributed by atoms with van der Waals surface area (Å²) in [7, 11) is 0. The van der Waals surface area contributed by atoms with Gasteiger partial charge in [-0.1, -0.05) is 30.3 Å². The lowest BCUT2D eigenvalue weighted by molar-refractivity contribution is 0.0741. The molecule has 1 aromatic heterocycles. The first-order chi connectivity index (χ1) is 12.2. The van der Waals surface area contributed by atoms with Crippen molar-refractivity contribution in [1.29, 1.82) is 0 Å². The minimum absolute atomic E-state index is 0.0392. The van der Waals surface area contributed by atoms with Crippen LogP contribution in [0.15, 0.2) is 54.7 Å². The van der Waals surface area contributed by atoms with Gasteiger partial charge in [0.05, 0.1) is 17.2 Å². The second-order valence-corrected chi connectivity index (χ2v) is 6.31. The summed E-state index contributed by atoms with van der Waals surface area (Å²) >= 11 is 0. The number of carbonyl (C=O) groups is 1. The Kier molecular flexibility index (Phi) is 4.06. The van der Waals surface area contributed by atoms with E-state index in [-0.39, 0.29) is 5.91 Å². The number of aromatic nitrogens is 2. The van der Waals surface area contributed by atoms with Gasteiger partial charge in [0.25, 0.3) is 5.91 Å². The molecule has 0 unspecified atom stereocenters. The van der Waals surface area contributed by atoms with Crippen molar-refractivity contribution in [3.05, 3.63) is 66.0 Å². The topological polar surface area (TPSA) is 49.3 Å². The smallest absolute Gasteiger partial charge is 0.274 e. The number of rotatable bonds is 2. The Morgan fingerprint density at radius 3 is 2.36 bits per heavy atom. The predicted octanol–water partition coefficient (Wildman–Crippen LogP) is 2.90. The fourth-order valence-electron chi connectivity index (χ4n) is 3.29. The lowest BCUT2D eigenvalue weighted by Gasteiger charge is -2.36. The second-order valence-electron chi connectivity index (χ2n) is 6.31. The number of para-hydroxylation sites is 3. The quantitative estimate of drug-likeness (QED) is 0.724. The van der Waals surface area contributed by atoms with Crippen LogP contribution in [-0.4, -0.2) is 47.0 Å². The first-order valence-corrected chi connectivity index (χ1v) is 8.54. The molecule has 0 aliphatic carbocycles. The molecule has 1 saturated heterocycles. The van der Waals surface area contributed by atoms with E-state index in [4.69, 9.17) is 0 Å². The van der Waals surface area contributed by atoms with E-state index < -0.39 is 0 Å². The molecule has 3 aromatic rings. The number of nitrogens with zero attached hydrogens (tertiary/aromatic N) is 4. The molecule has 0 atom stereocenters. The Balaban J connectivity index is 1.48. The molecule has 1 aliphatic rings. The van der Waals surface area contributed by atoms with Crippen molar-refractivity contribution >= 4 is 22.6 Å². The maximum Gasteiger partial charge on any atom is 0.274 e. The van der Waals surface area contributed by atoms with E-state index >= 15 is 0 Å². The molecule has 5 nitrogen and oxygen atoms in total. The summed E-state index contributed by atoms with van der Waals surface area (Å²) < 4.78 is 0. The highest BCUT2D eigenvalue weighted by molar-refractivity contribution is 5.94. The van der Waals surface area contributed by atoms with Gasteiger partial charge in [0.2, 0.25) is 0 Å². The Bertz CT molecular complexity index is 916. The number of fused-ring (bicyclic) bond motifs is 1. The van der Waals surface area contributed by atoms with Gasteiger partial charge >= 0.3 is 0 Å². The second kappa shape index (κ2) is 6.51. The molecule has 0 spiro atoms. The van der Waals surface area contributed by atoms with Crippen molar-refractivity contribution in [1.82, 2.24) is 14.9 Å². The molecule has 2 heterocycles. The van der Waals surface area contributed by atoms with Gasteiger partial charge in [-0.2, -0.15) is 0 Å². The summed E-state index contributed by atoms with van der Waals surface area (Å²) in [5.41, 5.74) is 4.50. The van der Waals surface area contributed by atoms with Crippen molar-refractivity contribution in [3.8, 4) is 0 Å². The fraction of sp³-hybridized carbons (Fsp3) is 0.250. The average molecular weight is 332 g/mol. The summed E-state index contributed by atoms with van der Waals surface area (Å²) in [6.45, 7) is 5.18. The summed E-state index contributed by atoms with van der Waals surface area (Å²) in [4.78, 5) is 25.8. The lowest BCUT2D eigenvalue weighted by atomic mass is 10.1. The van der Waals surface area contributed by atoms with Gasteiger partial charge in [0, 0.05) is 31.9 Å². The number of anilines is 1. The summed E-state index contributed by atoms with van der Waals surface area (Å²) in [6, 6.07) is 16.0. The highest BCUT2D eigenvalue weighted by Gasteiger charge is 2.24. The summed E-state index contributed by atoms with van der Waals surface area (Å²) in [6.07, 6.45) is 1.58. The summed E-state index contributed by atoms with van der Waals surface area (Å²) in [5, 5.41) is 0. The summed E-state index contributed by atoms with van der Waals surface area (Å²) in [5.74, 6) is -0.0392. The number of aryl methyl sites for hydroxylation is 1. The van der Waals surface area contributed by atoms with Crippen molar-refractivity contribution in [2.24, 2.45) is 0 Å². The molecular formula is C20H20N4O. The molecule has 4 rings (SSSR count). The van der Waals surface area contributed by atoms with E-state index in [0.29, 0.717) is 18.8 Å². The number of piperazine rings is 1.